The van der Waals surface area contributed by atoms with Crippen LogP contribution in [-0.2, 0) is 27.1 Å². The van der Waals surface area contributed by atoms with Gasteiger partial charge in [-0.25, -0.2) is 9.37 Å². The number of carboxylic acids is 1. The summed E-state index contributed by atoms with van der Waals surface area (Å²) in [6.45, 7) is 3.40. The Morgan fingerprint density at radius 2 is 1.82 bits per heavy atom. The van der Waals surface area contributed by atoms with E-state index >= 15 is 0 Å². The fourth-order valence-electron chi connectivity index (χ4n) is 5.24. The molecule has 1 aromatic heterocycles. The lowest BCUT2D eigenvalue weighted by atomic mass is 9.65. The van der Waals surface area contributed by atoms with E-state index in [9.17, 15) is 19.6 Å². The Morgan fingerprint density at radius 3 is 2.36 bits per heavy atom. The van der Waals surface area contributed by atoms with E-state index in [1.165, 1.54) is 25.0 Å². The topological polar surface area (TPSA) is 88.1 Å². The van der Waals surface area contributed by atoms with Gasteiger partial charge in [-0.15, -0.1) is 0 Å². The Morgan fingerprint density at radius 1 is 1.18 bits per heavy atom. The van der Waals surface area contributed by atoms with E-state index in [0.29, 0.717) is 55.4 Å². The smallest absolute Gasteiger partial charge is 0.314 e. The number of rotatable bonds is 8. The number of hydrogen-bond acceptors (Lipinski definition) is 4. The van der Waals surface area contributed by atoms with E-state index in [1.54, 1.807) is 12.1 Å². The number of benzene rings is 1. The number of carboxylic acid groups (broad SMARTS) is 1. The molecule has 3 fully saturated rings. The van der Waals surface area contributed by atoms with Gasteiger partial charge in [-0.3, -0.25) is 4.79 Å². The van der Waals surface area contributed by atoms with Gasteiger partial charge in [0.2, 0.25) is 0 Å². The highest BCUT2D eigenvalue weighted by molar-refractivity contribution is 5.81. The first-order valence-electron chi connectivity index (χ1n) is 12.0. The molecule has 2 aromatic rings. The standard InChI is InChI=1S/C26H30FN3O3/c1-17-22(14-28)29-23(30(17)15-18-2-3-18)26(33-16-19-4-5-19)12-10-25(11-13-26,24(31)32)20-6-8-21(27)9-7-20/h6-9,18-19H,2-5,10-13,15-16H2,1H3,(H,31,32)/t25-,26+. The average molecular weight is 452 g/mol. The molecule has 3 saturated carbocycles. The lowest BCUT2D eigenvalue weighted by molar-refractivity contribution is -0.151. The van der Waals surface area contributed by atoms with E-state index < -0.39 is 17.0 Å². The highest BCUT2D eigenvalue weighted by Crippen LogP contribution is 2.50. The molecule has 0 amide bonds. The third-order valence-corrected chi connectivity index (χ3v) is 7.88. The molecule has 0 atom stereocenters. The molecule has 0 bridgehead atoms. The zero-order valence-electron chi connectivity index (χ0n) is 19.0. The molecule has 0 unspecified atom stereocenters. The van der Waals surface area contributed by atoms with Gasteiger partial charge in [-0.1, -0.05) is 12.1 Å². The Bertz CT molecular complexity index is 1090. The van der Waals surface area contributed by atoms with Crippen molar-refractivity contribution in [2.24, 2.45) is 11.8 Å². The lowest BCUT2D eigenvalue weighted by Crippen LogP contribution is -2.47. The van der Waals surface area contributed by atoms with Gasteiger partial charge >= 0.3 is 5.97 Å². The normalized spacial score (nSPS) is 27.3. The summed E-state index contributed by atoms with van der Waals surface area (Å²) in [7, 11) is 0. The fraction of sp³-hybridized carbons (Fsp3) is 0.577. The Balaban J connectivity index is 1.51. The number of aliphatic carboxylic acids is 1. The van der Waals surface area contributed by atoms with Gasteiger partial charge in [0.25, 0.3) is 0 Å². The van der Waals surface area contributed by atoms with Gasteiger partial charge in [-0.2, -0.15) is 5.26 Å². The summed E-state index contributed by atoms with van der Waals surface area (Å²) in [6, 6.07) is 8.07. The number of aromatic nitrogens is 2. The Labute approximate surface area is 193 Å². The van der Waals surface area contributed by atoms with E-state index in [4.69, 9.17) is 9.72 Å². The van der Waals surface area contributed by atoms with Crippen molar-refractivity contribution in [2.45, 2.75) is 75.9 Å². The summed E-state index contributed by atoms with van der Waals surface area (Å²) in [5.74, 6) is 0.666. The van der Waals surface area contributed by atoms with Crippen LogP contribution in [-0.4, -0.2) is 27.2 Å². The summed E-state index contributed by atoms with van der Waals surface area (Å²) in [4.78, 5) is 17.3. The lowest BCUT2D eigenvalue weighted by Gasteiger charge is -2.44. The van der Waals surface area contributed by atoms with Gasteiger partial charge in [0.1, 0.15) is 23.3 Å². The molecule has 0 aliphatic heterocycles. The monoisotopic (exact) mass is 451 g/mol. The molecule has 6 nitrogen and oxygen atoms in total. The molecule has 5 rings (SSSR count). The summed E-state index contributed by atoms with van der Waals surface area (Å²) in [5, 5.41) is 19.9. The number of imidazole rings is 1. The quantitative estimate of drug-likeness (QED) is 0.621. The van der Waals surface area contributed by atoms with Crippen LogP contribution in [0.25, 0.3) is 0 Å². The second kappa shape index (κ2) is 8.25. The molecule has 3 aliphatic rings. The van der Waals surface area contributed by atoms with Crippen LogP contribution < -0.4 is 0 Å². The molecule has 7 heteroatoms. The van der Waals surface area contributed by atoms with Crippen molar-refractivity contribution in [1.29, 1.82) is 5.26 Å². The van der Waals surface area contributed by atoms with Crippen LogP contribution in [0.5, 0.6) is 0 Å². The first-order chi connectivity index (χ1) is 15.9. The van der Waals surface area contributed by atoms with Gasteiger partial charge in [-0.05, 0) is 87.8 Å². The van der Waals surface area contributed by atoms with Crippen molar-refractivity contribution in [1.82, 2.24) is 9.55 Å². The predicted octanol–water partition coefficient (Wildman–Crippen LogP) is 4.83. The van der Waals surface area contributed by atoms with Crippen LogP contribution in [0, 0.1) is 35.9 Å². The zero-order chi connectivity index (χ0) is 23.2. The fourth-order valence-corrected chi connectivity index (χ4v) is 5.24. The van der Waals surface area contributed by atoms with Crippen LogP contribution in [0.1, 0.15) is 74.1 Å². The van der Waals surface area contributed by atoms with Crippen LogP contribution in [0.15, 0.2) is 24.3 Å². The highest BCUT2D eigenvalue weighted by atomic mass is 19.1. The Hall–Kier alpha value is -2.72. The highest BCUT2D eigenvalue weighted by Gasteiger charge is 2.52. The number of hydrogen-bond donors (Lipinski definition) is 1. The maximum atomic E-state index is 13.5. The van der Waals surface area contributed by atoms with Crippen molar-refractivity contribution in [3.05, 3.63) is 52.9 Å². The molecular weight excluding hydrogens is 421 g/mol. The second-order valence-electron chi connectivity index (χ2n) is 10.2. The summed E-state index contributed by atoms with van der Waals surface area (Å²) in [5.41, 5.74) is 0.121. The summed E-state index contributed by atoms with van der Waals surface area (Å²) < 4.78 is 22.3. The van der Waals surface area contributed by atoms with Crippen molar-refractivity contribution in [2.75, 3.05) is 6.61 Å². The van der Waals surface area contributed by atoms with Gasteiger partial charge < -0.3 is 14.4 Å². The largest absolute Gasteiger partial charge is 0.481 e. The molecule has 1 aromatic carbocycles. The SMILES string of the molecule is Cc1c(C#N)nc([C@]2(OCC3CC3)CC[C@](C(=O)O)(c3ccc(F)cc3)CC2)n1CC1CC1. The van der Waals surface area contributed by atoms with Crippen molar-refractivity contribution in [3.8, 4) is 6.07 Å². The predicted molar refractivity (Wildman–Crippen MR) is 119 cm³/mol. The summed E-state index contributed by atoms with van der Waals surface area (Å²) in [6.07, 6.45) is 6.41. The van der Waals surface area contributed by atoms with Gasteiger partial charge in [0.05, 0.1) is 17.7 Å². The van der Waals surface area contributed by atoms with Crippen molar-refractivity contribution < 1.29 is 19.0 Å². The molecule has 174 valence electrons. The number of halogens is 1. The van der Waals surface area contributed by atoms with Gasteiger partial charge in [0.15, 0.2) is 5.69 Å². The maximum Gasteiger partial charge on any atom is 0.314 e. The van der Waals surface area contributed by atoms with E-state index in [2.05, 4.69) is 10.6 Å². The van der Waals surface area contributed by atoms with E-state index in [-0.39, 0.29) is 5.82 Å². The van der Waals surface area contributed by atoms with Gasteiger partial charge in [0, 0.05) is 6.54 Å². The third-order valence-electron chi connectivity index (χ3n) is 7.88. The number of carbonyl (C=O) groups is 1. The molecule has 33 heavy (non-hydrogen) atoms. The van der Waals surface area contributed by atoms with Crippen LogP contribution in [0.3, 0.4) is 0 Å². The number of ether oxygens (including phenoxy) is 1. The minimum absolute atomic E-state index is 0.371. The molecule has 0 spiro atoms. The summed E-state index contributed by atoms with van der Waals surface area (Å²) >= 11 is 0. The average Bonchev–Trinajstić information content (AvgIpc) is 3.74. The third kappa shape index (κ3) is 4.06. The minimum Gasteiger partial charge on any atom is -0.481 e. The van der Waals surface area contributed by atoms with Crippen LogP contribution in [0.2, 0.25) is 0 Å². The zero-order valence-corrected chi connectivity index (χ0v) is 19.0. The van der Waals surface area contributed by atoms with Crippen LogP contribution in [0.4, 0.5) is 4.39 Å². The molecule has 1 N–H and O–H groups in total. The number of nitriles is 1. The second-order valence-corrected chi connectivity index (χ2v) is 10.2. The maximum absolute atomic E-state index is 13.5. The van der Waals surface area contributed by atoms with E-state index in [0.717, 1.165) is 30.9 Å². The van der Waals surface area contributed by atoms with Crippen LogP contribution >= 0.6 is 0 Å². The first kappa shape index (κ1) is 22.1. The molecule has 1 heterocycles. The molecule has 0 saturated heterocycles. The van der Waals surface area contributed by atoms with E-state index in [1.807, 2.05) is 6.92 Å². The molecular formula is C26H30FN3O3. The van der Waals surface area contributed by atoms with Crippen molar-refractivity contribution >= 4 is 5.97 Å². The first-order valence-corrected chi connectivity index (χ1v) is 12.0. The number of nitrogens with zero attached hydrogens (tertiary/aromatic N) is 3. The molecule has 0 radical (unpaired) electrons. The minimum atomic E-state index is -1.08. The molecule has 3 aliphatic carbocycles. The van der Waals surface area contributed by atoms with Crippen molar-refractivity contribution in [3.63, 3.8) is 0 Å². The Kier molecular flexibility index (Phi) is 5.52.